The monoisotopic (exact) mass is 623 g/mol. The van der Waals surface area contributed by atoms with Crippen LogP contribution in [-0.2, 0) is 23.5 Å². The smallest absolute Gasteiger partial charge is 0.262 e. The molecule has 1 aliphatic rings. The van der Waals surface area contributed by atoms with Crippen LogP contribution in [0.2, 0.25) is 5.02 Å². The van der Waals surface area contributed by atoms with Gasteiger partial charge >= 0.3 is 0 Å². The van der Waals surface area contributed by atoms with E-state index < -0.39 is 0 Å². The number of rotatable bonds is 14. The number of methoxy groups -OCH3 is 2. The summed E-state index contributed by atoms with van der Waals surface area (Å²) < 4.78 is 23.3. The van der Waals surface area contributed by atoms with Gasteiger partial charge in [0, 0.05) is 36.4 Å². The van der Waals surface area contributed by atoms with Crippen LogP contribution in [0.15, 0.2) is 64.5 Å². The fourth-order valence-electron chi connectivity index (χ4n) is 4.88. The number of hydrogen-bond acceptors (Lipinski definition) is 8. The summed E-state index contributed by atoms with van der Waals surface area (Å²) in [7, 11) is 3.21. The fourth-order valence-corrected chi connectivity index (χ4v) is 6.06. The van der Waals surface area contributed by atoms with Gasteiger partial charge in [0.15, 0.2) is 28.2 Å². The minimum absolute atomic E-state index is 0.0128. The third-order valence-corrected chi connectivity index (χ3v) is 8.42. The number of aromatic nitrogens is 2. The van der Waals surface area contributed by atoms with Gasteiger partial charge in [-0.3, -0.25) is 14.2 Å². The number of unbranched alkanes of at least 4 members (excludes halogenated alkanes) is 2. The van der Waals surface area contributed by atoms with Crippen molar-refractivity contribution in [2.24, 2.45) is 0 Å². The molecule has 4 aromatic rings. The zero-order valence-corrected chi connectivity index (χ0v) is 25.8. The Balaban J connectivity index is 1.16. The SMILES string of the molecule is COc1ccc(CCNC(=O)CCCCCn2c(SCc3cccc(Cl)c3)nc3cc4c(cc3c2=O)OCO4)cc1OC. The first-order valence-electron chi connectivity index (χ1n) is 14.1. The van der Waals surface area contributed by atoms with E-state index in [9.17, 15) is 9.59 Å². The van der Waals surface area contributed by atoms with Gasteiger partial charge in [-0.25, -0.2) is 4.98 Å². The molecular weight excluding hydrogens is 590 g/mol. The van der Waals surface area contributed by atoms with Gasteiger partial charge in [-0.1, -0.05) is 48.0 Å². The molecule has 0 bridgehead atoms. The highest BCUT2D eigenvalue weighted by Gasteiger charge is 2.19. The highest BCUT2D eigenvalue weighted by molar-refractivity contribution is 7.98. The van der Waals surface area contributed by atoms with Gasteiger partial charge in [0.25, 0.3) is 5.56 Å². The maximum Gasteiger partial charge on any atom is 0.262 e. The van der Waals surface area contributed by atoms with E-state index in [2.05, 4.69) is 5.32 Å². The van der Waals surface area contributed by atoms with Crippen LogP contribution in [0.5, 0.6) is 23.0 Å². The molecule has 0 fully saturated rings. The Morgan fingerprint density at radius 3 is 2.60 bits per heavy atom. The number of halogens is 1. The molecule has 0 atom stereocenters. The summed E-state index contributed by atoms with van der Waals surface area (Å²) >= 11 is 7.66. The summed E-state index contributed by atoms with van der Waals surface area (Å²) in [4.78, 5) is 30.9. The minimum Gasteiger partial charge on any atom is -0.493 e. The van der Waals surface area contributed by atoms with Crippen LogP contribution in [0.25, 0.3) is 10.9 Å². The van der Waals surface area contributed by atoms with Crippen molar-refractivity contribution in [1.82, 2.24) is 14.9 Å². The van der Waals surface area contributed by atoms with E-state index in [1.54, 1.807) is 30.9 Å². The second-order valence-electron chi connectivity index (χ2n) is 10.1. The molecule has 5 rings (SSSR count). The molecule has 0 saturated carbocycles. The number of ether oxygens (including phenoxy) is 4. The molecule has 1 amide bonds. The van der Waals surface area contributed by atoms with Crippen LogP contribution < -0.4 is 29.8 Å². The number of nitrogens with one attached hydrogen (secondary N) is 1. The summed E-state index contributed by atoms with van der Waals surface area (Å²) in [5.74, 6) is 3.12. The van der Waals surface area contributed by atoms with Crippen molar-refractivity contribution in [2.75, 3.05) is 27.6 Å². The molecular formula is C32H34ClN3O6S. The fraction of sp³-hybridized carbons (Fsp3) is 0.344. The van der Waals surface area contributed by atoms with Crippen molar-refractivity contribution in [3.63, 3.8) is 0 Å². The van der Waals surface area contributed by atoms with E-state index in [0.29, 0.717) is 75.8 Å². The lowest BCUT2D eigenvalue weighted by molar-refractivity contribution is -0.121. The van der Waals surface area contributed by atoms with Gasteiger partial charge in [0.1, 0.15) is 0 Å². The van der Waals surface area contributed by atoms with E-state index in [1.807, 2.05) is 42.5 Å². The first kappa shape index (κ1) is 30.6. The topological polar surface area (TPSA) is 101 Å². The summed E-state index contributed by atoms with van der Waals surface area (Å²) in [6, 6.07) is 16.9. The molecule has 0 spiro atoms. The number of fused-ring (bicyclic) bond motifs is 2. The maximum absolute atomic E-state index is 13.6. The van der Waals surface area contributed by atoms with Crippen molar-refractivity contribution in [1.29, 1.82) is 0 Å². The average molecular weight is 624 g/mol. The predicted octanol–water partition coefficient (Wildman–Crippen LogP) is 6.01. The van der Waals surface area contributed by atoms with Crippen molar-refractivity contribution < 1.29 is 23.7 Å². The molecule has 3 aromatic carbocycles. The Kier molecular flexibility index (Phi) is 10.3. The second-order valence-corrected chi connectivity index (χ2v) is 11.5. The number of thioether (sulfide) groups is 1. The van der Waals surface area contributed by atoms with Crippen molar-refractivity contribution in [2.45, 2.75) is 49.6 Å². The quantitative estimate of drug-likeness (QED) is 0.104. The Bertz CT molecular complexity index is 1660. The lowest BCUT2D eigenvalue weighted by Crippen LogP contribution is -2.25. The van der Waals surface area contributed by atoms with E-state index >= 15 is 0 Å². The molecule has 226 valence electrons. The highest BCUT2D eigenvalue weighted by atomic mass is 35.5. The molecule has 0 unspecified atom stereocenters. The minimum atomic E-state index is -0.121. The summed E-state index contributed by atoms with van der Waals surface area (Å²) in [5.41, 5.74) is 2.55. The zero-order chi connectivity index (χ0) is 30.2. The van der Waals surface area contributed by atoms with Crippen molar-refractivity contribution >= 4 is 40.2 Å². The molecule has 0 aliphatic carbocycles. The predicted molar refractivity (Wildman–Crippen MR) is 168 cm³/mol. The molecule has 0 saturated heterocycles. The van der Waals surface area contributed by atoms with Crippen LogP contribution in [0, 0.1) is 0 Å². The first-order valence-corrected chi connectivity index (χ1v) is 15.5. The van der Waals surface area contributed by atoms with Crippen LogP contribution >= 0.6 is 23.4 Å². The van der Waals surface area contributed by atoms with E-state index in [1.165, 1.54) is 11.8 Å². The number of benzene rings is 3. The summed E-state index contributed by atoms with van der Waals surface area (Å²) in [6.07, 6.45) is 3.38. The van der Waals surface area contributed by atoms with Crippen LogP contribution in [0.4, 0.5) is 0 Å². The number of hydrogen-bond donors (Lipinski definition) is 1. The molecule has 11 heteroatoms. The molecule has 1 aromatic heterocycles. The lowest BCUT2D eigenvalue weighted by atomic mass is 10.1. The largest absolute Gasteiger partial charge is 0.493 e. The Labute approximate surface area is 259 Å². The number of carbonyl (C=O) groups is 1. The van der Waals surface area contributed by atoms with Crippen LogP contribution in [0.3, 0.4) is 0 Å². The van der Waals surface area contributed by atoms with Crippen LogP contribution in [0.1, 0.15) is 36.8 Å². The van der Waals surface area contributed by atoms with Gasteiger partial charge in [-0.2, -0.15) is 0 Å². The van der Waals surface area contributed by atoms with Gasteiger partial charge < -0.3 is 24.3 Å². The van der Waals surface area contributed by atoms with Gasteiger partial charge in [0.2, 0.25) is 12.7 Å². The van der Waals surface area contributed by atoms with Gasteiger partial charge in [-0.15, -0.1) is 0 Å². The second kappa shape index (κ2) is 14.5. The summed E-state index contributed by atoms with van der Waals surface area (Å²) in [5, 5.41) is 4.78. The van der Waals surface area contributed by atoms with E-state index in [-0.39, 0.29) is 18.3 Å². The van der Waals surface area contributed by atoms with E-state index in [4.69, 9.17) is 35.5 Å². The Morgan fingerprint density at radius 1 is 1.00 bits per heavy atom. The van der Waals surface area contributed by atoms with Gasteiger partial charge in [-0.05, 0) is 60.7 Å². The number of carbonyl (C=O) groups excluding carboxylic acids is 1. The van der Waals surface area contributed by atoms with Gasteiger partial charge in [0.05, 0.1) is 25.1 Å². The average Bonchev–Trinajstić information content (AvgIpc) is 3.47. The van der Waals surface area contributed by atoms with Crippen LogP contribution in [-0.4, -0.2) is 43.0 Å². The Hall–Kier alpha value is -3.89. The van der Waals surface area contributed by atoms with E-state index in [0.717, 1.165) is 30.4 Å². The lowest BCUT2D eigenvalue weighted by Gasteiger charge is -2.14. The standard InChI is InChI=1S/C32H34ClN3O6S/c1-39-26-11-10-21(16-27(26)40-2)12-13-34-30(37)9-4-3-5-14-36-31(38)24-17-28-29(42-20-41-28)18-25(24)35-32(36)43-19-22-7-6-8-23(33)15-22/h6-8,10-11,15-18H,3-5,9,12-14,19-20H2,1-2H3,(H,34,37). The summed E-state index contributed by atoms with van der Waals surface area (Å²) in [6.45, 7) is 1.16. The molecule has 0 radical (unpaired) electrons. The van der Waals surface area contributed by atoms with Crippen molar-refractivity contribution in [3.8, 4) is 23.0 Å². The molecule has 1 aliphatic heterocycles. The third-order valence-electron chi connectivity index (χ3n) is 7.14. The third kappa shape index (κ3) is 7.74. The molecule has 43 heavy (non-hydrogen) atoms. The maximum atomic E-state index is 13.6. The number of amides is 1. The highest BCUT2D eigenvalue weighted by Crippen LogP contribution is 2.35. The van der Waals surface area contributed by atoms with Crippen molar-refractivity contribution in [3.05, 3.63) is 81.1 Å². The number of nitrogens with zero attached hydrogens (tertiary/aromatic N) is 2. The molecule has 1 N–H and O–H groups in total. The molecule has 9 nitrogen and oxygen atoms in total. The molecule has 2 heterocycles. The zero-order valence-electron chi connectivity index (χ0n) is 24.2. The Morgan fingerprint density at radius 2 is 1.81 bits per heavy atom. The normalized spacial score (nSPS) is 12.0. The first-order chi connectivity index (χ1) is 20.9.